The number of sulfonamides is 1. The van der Waals surface area contributed by atoms with Crippen LogP contribution in [0, 0.1) is 18.8 Å². The van der Waals surface area contributed by atoms with E-state index in [0.29, 0.717) is 42.7 Å². The largest absolute Gasteiger partial charge is 0.481 e. The van der Waals surface area contributed by atoms with Crippen molar-refractivity contribution in [3.8, 4) is 5.88 Å². The lowest BCUT2D eigenvalue weighted by atomic mass is 10.0. The van der Waals surface area contributed by atoms with Crippen LogP contribution in [-0.4, -0.2) is 60.6 Å². The topological polar surface area (TPSA) is 105 Å². The molecule has 1 saturated heterocycles. The highest BCUT2D eigenvalue weighted by molar-refractivity contribution is 7.89. The molecule has 2 aromatic rings. The lowest BCUT2D eigenvalue weighted by Crippen LogP contribution is -2.30. The number of rotatable bonds is 8. The molecule has 2 N–H and O–H groups in total. The fourth-order valence-electron chi connectivity index (χ4n) is 4.04. The number of methoxy groups -OCH3 is 1. The maximum atomic E-state index is 13.1. The average molecular weight is 433 g/mol. The maximum absolute atomic E-state index is 13.1. The van der Waals surface area contributed by atoms with Crippen molar-refractivity contribution in [1.29, 1.82) is 0 Å². The van der Waals surface area contributed by atoms with Crippen molar-refractivity contribution < 1.29 is 18.3 Å². The van der Waals surface area contributed by atoms with E-state index < -0.39 is 16.1 Å². The van der Waals surface area contributed by atoms with Gasteiger partial charge in [-0.2, -0.15) is 4.31 Å². The maximum Gasteiger partial charge on any atom is 0.244 e. The first-order valence-corrected chi connectivity index (χ1v) is 11.7. The summed E-state index contributed by atoms with van der Waals surface area (Å²) < 4.78 is 32.7. The number of aliphatic hydroxyl groups is 1. The van der Waals surface area contributed by atoms with Crippen LogP contribution in [0.25, 0.3) is 0 Å². The summed E-state index contributed by atoms with van der Waals surface area (Å²) in [6.45, 7) is 2.94. The van der Waals surface area contributed by atoms with Crippen molar-refractivity contribution in [2.24, 2.45) is 11.8 Å². The van der Waals surface area contributed by atoms with Gasteiger partial charge in [-0.05, 0) is 43.4 Å². The first-order chi connectivity index (χ1) is 14.4. The Kier molecular flexibility index (Phi) is 5.95. The summed E-state index contributed by atoms with van der Waals surface area (Å²) in [6, 6.07) is 7.37. The number of anilines is 1. The summed E-state index contributed by atoms with van der Waals surface area (Å²) in [5.74, 6) is 1.71. The third-order valence-electron chi connectivity index (χ3n) is 5.89. The molecule has 2 fully saturated rings. The molecular weight excluding hydrogens is 404 g/mol. The number of hydrogen-bond acceptors (Lipinski definition) is 7. The van der Waals surface area contributed by atoms with Gasteiger partial charge in [-0.3, -0.25) is 0 Å². The molecule has 1 aliphatic carbocycles. The number of nitrogens with one attached hydrogen (secondary N) is 1. The molecule has 2 aliphatic rings. The molecule has 1 saturated carbocycles. The van der Waals surface area contributed by atoms with E-state index in [0.717, 1.165) is 18.5 Å². The van der Waals surface area contributed by atoms with Crippen molar-refractivity contribution in [3.05, 3.63) is 41.7 Å². The highest BCUT2D eigenvalue weighted by Gasteiger charge is 2.45. The van der Waals surface area contributed by atoms with Gasteiger partial charge in [0.05, 0.1) is 13.2 Å². The quantitative estimate of drug-likeness (QED) is 0.656. The zero-order valence-corrected chi connectivity index (χ0v) is 18.1. The van der Waals surface area contributed by atoms with E-state index in [1.165, 1.54) is 10.5 Å². The molecule has 9 heteroatoms. The van der Waals surface area contributed by atoms with Gasteiger partial charge < -0.3 is 15.2 Å². The number of nitrogens with zero attached hydrogens (tertiary/aromatic N) is 3. The van der Waals surface area contributed by atoms with Crippen LogP contribution in [0.2, 0.25) is 0 Å². The highest BCUT2D eigenvalue weighted by atomic mass is 32.2. The van der Waals surface area contributed by atoms with Crippen LogP contribution in [0.15, 0.2) is 35.4 Å². The molecule has 0 amide bonds. The van der Waals surface area contributed by atoms with E-state index in [1.807, 2.05) is 12.1 Å². The van der Waals surface area contributed by atoms with E-state index in [9.17, 15) is 13.5 Å². The van der Waals surface area contributed by atoms with Crippen molar-refractivity contribution in [1.82, 2.24) is 14.3 Å². The highest BCUT2D eigenvalue weighted by Crippen LogP contribution is 2.42. The molecule has 0 spiro atoms. The summed E-state index contributed by atoms with van der Waals surface area (Å²) in [5, 5.41) is 13.5. The van der Waals surface area contributed by atoms with Gasteiger partial charge in [0.15, 0.2) is 0 Å². The summed E-state index contributed by atoms with van der Waals surface area (Å²) >= 11 is 0. The van der Waals surface area contributed by atoms with Gasteiger partial charge in [-0.15, -0.1) is 0 Å². The predicted molar refractivity (Wildman–Crippen MR) is 113 cm³/mol. The molecule has 1 aliphatic heterocycles. The summed E-state index contributed by atoms with van der Waals surface area (Å²) in [6.07, 6.45) is 3.69. The van der Waals surface area contributed by atoms with Crippen LogP contribution in [0.4, 0.5) is 5.82 Å². The first kappa shape index (κ1) is 21.0. The van der Waals surface area contributed by atoms with Crippen LogP contribution >= 0.6 is 0 Å². The van der Waals surface area contributed by atoms with Gasteiger partial charge >= 0.3 is 0 Å². The number of aliphatic hydroxyl groups excluding tert-OH is 1. The Labute approximate surface area is 177 Å². The van der Waals surface area contributed by atoms with E-state index in [2.05, 4.69) is 15.3 Å². The molecule has 4 rings (SSSR count). The second-order valence-corrected chi connectivity index (χ2v) is 9.98. The molecule has 2 aromatic heterocycles. The van der Waals surface area contributed by atoms with Crippen LogP contribution in [0.3, 0.4) is 0 Å². The Morgan fingerprint density at radius 3 is 2.80 bits per heavy atom. The molecule has 0 radical (unpaired) electrons. The molecule has 30 heavy (non-hydrogen) atoms. The molecule has 3 heterocycles. The number of aryl methyl sites for hydroxylation is 1. The van der Waals surface area contributed by atoms with E-state index in [4.69, 9.17) is 4.74 Å². The van der Waals surface area contributed by atoms with Crippen LogP contribution in [0.5, 0.6) is 5.88 Å². The molecule has 8 nitrogen and oxygen atoms in total. The minimum Gasteiger partial charge on any atom is -0.481 e. The normalized spacial score (nSPS) is 22.2. The summed E-state index contributed by atoms with van der Waals surface area (Å²) in [4.78, 5) is 8.87. The lowest BCUT2D eigenvalue weighted by Gasteiger charge is -2.18. The van der Waals surface area contributed by atoms with E-state index in [-0.39, 0.29) is 17.4 Å². The van der Waals surface area contributed by atoms with Gasteiger partial charge in [-0.1, -0.05) is 6.07 Å². The Hall–Kier alpha value is -2.23. The second kappa shape index (κ2) is 8.49. The number of β-amino-alcohol motifs (C(OH)–C–C–N with tert-alkyl or cyclic N) is 1. The van der Waals surface area contributed by atoms with Gasteiger partial charge in [0.25, 0.3) is 0 Å². The van der Waals surface area contributed by atoms with Gasteiger partial charge in [0.1, 0.15) is 10.7 Å². The van der Waals surface area contributed by atoms with Gasteiger partial charge in [0, 0.05) is 49.9 Å². The predicted octanol–water partition coefficient (Wildman–Crippen LogP) is 1.84. The Balaban J connectivity index is 1.40. The summed E-state index contributed by atoms with van der Waals surface area (Å²) in [5.41, 5.74) is 1.53. The number of aromatic nitrogens is 2. The Morgan fingerprint density at radius 2 is 2.10 bits per heavy atom. The first-order valence-electron chi connectivity index (χ1n) is 10.3. The fourth-order valence-corrected chi connectivity index (χ4v) is 5.68. The van der Waals surface area contributed by atoms with E-state index in [1.54, 1.807) is 26.2 Å². The molecule has 162 valence electrons. The minimum absolute atomic E-state index is 0.0548. The molecule has 0 bridgehead atoms. The van der Waals surface area contributed by atoms with Crippen molar-refractivity contribution in [2.45, 2.75) is 37.2 Å². The molecule has 0 aromatic carbocycles. The monoisotopic (exact) mass is 432 g/mol. The number of ether oxygens (including phenoxy) is 1. The van der Waals surface area contributed by atoms with Crippen LogP contribution in [-0.2, 0) is 16.4 Å². The SMILES string of the molecule is COc1cccc(CCNc2cc(C)c(S(=O)(=O)N3C[C@@H](O)[C@H](C4CC4)C3)cn2)n1. The van der Waals surface area contributed by atoms with Crippen molar-refractivity contribution in [2.75, 3.05) is 32.1 Å². The molecule has 0 unspecified atom stereocenters. The smallest absolute Gasteiger partial charge is 0.244 e. The van der Waals surface area contributed by atoms with Crippen LogP contribution in [0.1, 0.15) is 24.1 Å². The summed E-state index contributed by atoms with van der Waals surface area (Å²) in [7, 11) is -2.08. The third-order valence-corrected chi connectivity index (χ3v) is 7.85. The average Bonchev–Trinajstić information content (AvgIpc) is 3.49. The minimum atomic E-state index is -3.67. The van der Waals surface area contributed by atoms with E-state index >= 15 is 0 Å². The molecule has 2 atom stereocenters. The van der Waals surface area contributed by atoms with Gasteiger partial charge in [-0.25, -0.2) is 18.4 Å². The zero-order valence-electron chi connectivity index (χ0n) is 17.3. The number of hydrogen-bond donors (Lipinski definition) is 2. The van der Waals surface area contributed by atoms with Crippen molar-refractivity contribution in [3.63, 3.8) is 0 Å². The zero-order chi connectivity index (χ0) is 21.3. The lowest BCUT2D eigenvalue weighted by molar-refractivity contribution is 0.135. The van der Waals surface area contributed by atoms with Gasteiger partial charge in [0.2, 0.25) is 15.9 Å². The van der Waals surface area contributed by atoms with Crippen molar-refractivity contribution >= 4 is 15.8 Å². The number of pyridine rings is 2. The fraction of sp³-hybridized carbons (Fsp3) is 0.524. The standard InChI is InChI=1S/C21H28N4O4S/c1-14-10-20(22-9-8-16-4-3-5-21(24-16)29-2)23-11-19(14)30(27,28)25-12-17(15-6-7-15)18(26)13-25/h3-5,10-11,15,17-18,26H,6-9,12-13H2,1-2H3,(H,22,23)/t17-,18+/m0/s1. The Morgan fingerprint density at radius 1 is 1.30 bits per heavy atom. The molecular formula is C21H28N4O4S. The van der Waals surface area contributed by atoms with Crippen LogP contribution < -0.4 is 10.1 Å². The third kappa shape index (κ3) is 4.43. The second-order valence-electron chi connectivity index (χ2n) is 8.07. The Bertz CT molecular complexity index is 1010.